The third kappa shape index (κ3) is 4.91. The Kier molecular flexibility index (Phi) is 5.88. The predicted molar refractivity (Wildman–Crippen MR) is 34.3 cm³/mol. The molecule has 0 rings (SSSR count). The zero-order chi connectivity index (χ0) is 7.98. The SMILES string of the molecule is O=P[P+](=O)OCC(O)CO. The average Bonchev–Trinajstić information content (AvgIpc) is 1.99. The Morgan fingerprint density at radius 1 is 1.70 bits per heavy atom. The van der Waals surface area contributed by atoms with Crippen molar-refractivity contribution in [1.29, 1.82) is 0 Å². The quantitative estimate of drug-likeness (QED) is 0.602. The Bertz CT molecular complexity index is 126. The van der Waals surface area contributed by atoms with E-state index in [9.17, 15) is 9.13 Å². The fraction of sp³-hybridized carbons (Fsp3) is 1.00. The molecule has 0 aromatic carbocycles. The molecule has 0 aliphatic heterocycles. The molecule has 0 aromatic heterocycles. The molecule has 0 spiro atoms. The van der Waals surface area contributed by atoms with E-state index in [1.807, 2.05) is 0 Å². The highest BCUT2D eigenvalue weighted by Gasteiger charge is 2.19. The zero-order valence-corrected chi connectivity index (χ0v) is 6.79. The van der Waals surface area contributed by atoms with Gasteiger partial charge in [0, 0.05) is 0 Å². The second-order valence-corrected chi connectivity index (χ2v) is 3.82. The minimum Gasteiger partial charge on any atom is -0.394 e. The summed E-state index contributed by atoms with van der Waals surface area (Å²) in [6, 6.07) is 0. The Morgan fingerprint density at radius 2 is 2.30 bits per heavy atom. The van der Waals surface area contributed by atoms with Gasteiger partial charge < -0.3 is 10.2 Å². The third-order valence-electron chi connectivity index (χ3n) is 0.655. The van der Waals surface area contributed by atoms with Gasteiger partial charge in [0.05, 0.1) is 6.61 Å². The van der Waals surface area contributed by atoms with E-state index in [4.69, 9.17) is 10.2 Å². The van der Waals surface area contributed by atoms with Gasteiger partial charge in [-0.2, -0.15) is 0 Å². The molecule has 0 bridgehead atoms. The largest absolute Gasteiger partial charge is 0.608 e. The molecule has 0 saturated carbocycles. The normalized spacial score (nSPS) is 15.2. The van der Waals surface area contributed by atoms with Crippen LogP contribution in [0.5, 0.6) is 0 Å². The molecule has 0 aliphatic carbocycles. The van der Waals surface area contributed by atoms with Gasteiger partial charge in [-0.1, -0.05) is 0 Å². The highest BCUT2D eigenvalue weighted by Crippen LogP contribution is 2.36. The number of hydrogen-bond acceptors (Lipinski definition) is 5. The number of hydrogen-bond donors (Lipinski definition) is 2. The van der Waals surface area contributed by atoms with Crippen LogP contribution in [0.25, 0.3) is 0 Å². The lowest BCUT2D eigenvalue weighted by atomic mass is 10.4. The van der Waals surface area contributed by atoms with E-state index in [0.29, 0.717) is 0 Å². The van der Waals surface area contributed by atoms with Gasteiger partial charge in [-0.05, 0) is 4.57 Å². The van der Waals surface area contributed by atoms with Crippen LogP contribution >= 0.6 is 15.9 Å². The smallest absolute Gasteiger partial charge is 0.394 e. The number of rotatable bonds is 5. The summed E-state index contributed by atoms with van der Waals surface area (Å²) >= 11 is 0. The third-order valence-corrected chi connectivity index (χ3v) is 1.90. The minimum atomic E-state index is -2.22. The zero-order valence-electron chi connectivity index (χ0n) is 5.01. The topological polar surface area (TPSA) is 83.8 Å². The highest BCUT2D eigenvalue weighted by atomic mass is 32.0. The molecular formula is C3H7O5P2+. The molecule has 0 aromatic rings. The molecule has 5 nitrogen and oxygen atoms in total. The van der Waals surface area contributed by atoms with Gasteiger partial charge in [0.2, 0.25) is 0 Å². The second kappa shape index (κ2) is 5.83. The Morgan fingerprint density at radius 3 is 2.70 bits per heavy atom. The summed E-state index contributed by atoms with van der Waals surface area (Å²) in [7, 11) is -2.82. The summed E-state index contributed by atoms with van der Waals surface area (Å²) in [5.74, 6) is 0. The first-order chi connectivity index (χ1) is 4.70. The first kappa shape index (κ1) is 10.1. The summed E-state index contributed by atoms with van der Waals surface area (Å²) in [4.78, 5) is 0. The number of aliphatic hydroxyl groups excluding tert-OH is 2. The van der Waals surface area contributed by atoms with Crippen LogP contribution in [0.4, 0.5) is 0 Å². The van der Waals surface area contributed by atoms with Crippen molar-refractivity contribution in [3.8, 4) is 0 Å². The van der Waals surface area contributed by atoms with E-state index in [-0.39, 0.29) is 6.61 Å². The van der Waals surface area contributed by atoms with Crippen LogP contribution in [-0.4, -0.2) is 29.5 Å². The Balaban J connectivity index is 3.34. The fourth-order valence-corrected chi connectivity index (χ4v) is 0.914. The molecule has 2 unspecified atom stereocenters. The summed E-state index contributed by atoms with van der Waals surface area (Å²) in [6.45, 7) is -0.722. The van der Waals surface area contributed by atoms with Gasteiger partial charge in [-0.15, -0.1) is 4.52 Å². The lowest BCUT2D eigenvalue weighted by Gasteiger charge is -1.97. The van der Waals surface area contributed by atoms with Gasteiger partial charge in [0.1, 0.15) is 12.7 Å². The van der Waals surface area contributed by atoms with Crippen molar-refractivity contribution < 1.29 is 23.9 Å². The lowest BCUT2D eigenvalue weighted by Crippen LogP contribution is -2.17. The van der Waals surface area contributed by atoms with Crippen molar-refractivity contribution in [3.63, 3.8) is 0 Å². The van der Waals surface area contributed by atoms with Gasteiger partial charge in [0.25, 0.3) is 0 Å². The molecule has 10 heavy (non-hydrogen) atoms. The Labute approximate surface area is 60.0 Å². The standard InChI is InChI=1S/C3H7O5P2/c4-1-3(5)2-8-10(7)9-6/h3-5H,1-2H2/q+1. The van der Waals surface area contributed by atoms with Crippen LogP contribution in [0, 0.1) is 0 Å². The van der Waals surface area contributed by atoms with E-state index in [1.54, 1.807) is 0 Å². The molecule has 0 saturated heterocycles. The summed E-state index contributed by atoms with van der Waals surface area (Å²) in [5, 5.41) is 16.8. The van der Waals surface area contributed by atoms with Crippen molar-refractivity contribution in [2.75, 3.05) is 13.2 Å². The Hall–Kier alpha value is 0.0800. The van der Waals surface area contributed by atoms with Crippen molar-refractivity contribution >= 4 is 15.9 Å². The van der Waals surface area contributed by atoms with Crippen LogP contribution < -0.4 is 0 Å². The van der Waals surface area contributed by atoms with E-state index < -0.39 is 28.6 Å². The molecular weight excluding hydrogens is 178 g/mol. The molecule has 0 aliphatic rings. The van der Waals surface area contributed by atoms with Crippen molar-refractivity contribution in [2.45, 2.75) is 6.10 Å². The minimum absolute atomic E-state index is 0.263. The van der Waals surface area contributed by atoms with Crippen molar-refractivity contribution in [3.05, 3.63) is 0 Å². The van der Waals surface area contributed by atoms with Gasteiger partial charge in [0.15, 0.2) is 0 Å². The van der Waals surface area contributed by atoms with E-state index in [0.717, 1.165) is 0 Å². The molecule has 2 N–H and O–H groups in total. The molecule has 7 heteroatoms. The molecule has 2 atom stereocenters. The van der Waals surface area contributed by atoms with Crippen LogP contribution in [0.15, 0.2) is 0 Å². The maximum Gasteiger partial charge on any atom is 0.608 e. The second-order valence-electron chi connectivity index (χ2n) is 1.45. The lowest BCUT2D eigenvalue weighted by molar-refractivity contribution is 0.0572. The predicted octanol–water partition coefficient (Wildman–Crippen LogP) is 0.305. The average molecular weight is 185 g/mol. The van der Waals surface area contributed by atoms with Crippen molar-refractivity contribution in [1.82, 2.24) is 0 Å². The van der Waals surface area contributed by atoms with Gasteiger partial charge >= 0.3 is 15.9 Å². The van der Waals surface area contributed by atoms with Crippen LogP contribution in [-0.2, 0) is 13.7 Å². The molecule has 0 fully saturated rings. The van der Waals surface area contributed by atoms with Gasteiger partial charge in [-0.25, -0.2) is 4.57 Å². The summed E-state index contributed by atoms with van der Waals surface area (Å²) < 4.78 is 24.3. The van der Waals surface area contributed by atoms with E-state index >= 15 is 0 Å². The maximum atomic E-state index is 10.2. The molecule has 0 heterocycles. The maximum absolute atomic E-state index is 10.2. The first-order valence-corrected chi connectivity index (χ1v) is 5.12. The van der Waals surface area contributed by atoms with Crippen LogP contribution in [0.1, 0.15) is 0 Å². The van der Waals surface area contributed by atoms with Crippen molar-refractivity contribution in [2.24, 2.45) is 0 Å². The first-order valence-electron chi connectivity index (χ1n) is 2.43. The van der Waals surface area contributed by atoms with Crippen LogP contribution in [0.2, 0.25) is 0 Å². The highest BCUT2D eigenvalue weighted by molar-refractivity contribution is 8.06. The molecule has 58 valence electrons. The van der Waals surface area contributed by atoms with Crippen LogP contribution in [0.3, 0.4) is 0 Å². The van der Waals surface area contributed by atoms with E-state index in [2.05, 4.69) is 4.52 Å². The number of aliphatic hydroxyl groups is 2. The molecule has 0 amide bonds. The molecule has 0 radical (unpaired) electrons. The van der Waals surface area contributed by atoms with Gasteiger partial charge in [-0.3, -0.25) is 0 Å². The fourth-order valence-electron chi connectivity index (χ4n) is 0.226. The summed E-state index contributed by atoms with van der Waals surface area (Å²) in [6.07, 6.45) is -1.05. The summed E-state index contributed by atoms with van der Waals surface area (Å²) in [5.41, 5.74) is 0. The van der Waals surface area contributed by atoms with E-state index in [1.165, 1.54) is 0 Å². The monoisotopic (exact) mass is 185 g/mol.